The highest BCUT2D eigenvalue weighted by Crippen LogP contribution is 2.23. The molecule has 1 fully saturated rings. The first-order chi connectivity index (χ1) is 9.60. The molecule has 2 rings (SSSR count). The number of ether oxygens (including phenoxy) is 1. The molecule has 110 valence electrons. The standard InChI is InChI=1S/C14H18BrClN2O2/c1-2-18-5-6-20-11(9-18)8-17-14(19)10-3-4-13(16)12(15)7-10/h3-4,7,11H,2,5-6,8-9H2,1H3,(H,17,19). The molecule has 0 saturated carbocycles. The van der Waals surface area contributed by atoms with Crippen LogP contribution in [0, 0.1) is 0 Å². The van der Waals surface area contributed by atoms with Gasteiger partial charge in [0.25, 0.3) is 5.91 Å². The fraction of sp³-hybridized carbons (Fsp3) is 0.500. The van der Waals surface area contributed by atoms with Crippen molar-refractivity contribution in [1.29, 1.82) is 0 Å². The van der Waals surface area contributed by atoms with Crippen LogP contribution in [0.2, 0.25) is 5.02 Å². The third-order valence-corrected chi connectivity index (χ3v) is 4.56. The topological polar surface area (TPSA) is 41.6 Å². The number of nitrogens with one attached hydrogen (secondary N) is 1. The molecule has 6 heteroatoms. The normalized spacial score (nSPS) is 19.9. The largest absolute Gasteiger partial charge is 0.374 e. The lowest BCUT2D eigenvalue weighted by molar-refractivity contribution is -0.0246. The van der Waals surface area contributed by atoms with Crippen LogP contribution in [-0.4, -0.2) is 49.7 Å². The van der Waals surface area contributed by atoms with Crippen molar-refractivity contribution < 1.29 is 9.53 Å². The van der Waals surface area contributed by atoms with E-state index in [0.29, 0.717) is 17.1 Å². The summed E-state index contributed by atoms with van der Waals surface area (Å²) in [5, 5.41) is 3.50. The molecule has 1 unspecified atom stereocenters. The number of halogens is 2. The van der Waals surface area contributed by atoms with Crippen molar-refractivity contribution in [2.45, 2.75) is 13.0 Å². The highest BCUT2D eigenvalue weighted by molar-refractivity contribution is 9.10. The summed E-state index contributed by atoms with van der Waals surface area (Å²) in [5.74, 6) is -0.111. The van der Waals surface area contributed by atoms with Crippen molar-refractivity contribution in [1.82, 2.24) is 10.2 Å². The molecular formula is C14H18BrClN2O2. The van der Waals surface area contributed by atoms with Crippen molar-refractivity contribution in [3.63, 3.8) is 0 Å². The summed E-state index contributed by atoms with van der Waals surface area (Å²) < 4.78 is 6.37. The average molecular weight is 362 g/mol. The smallest absolute Gasteiger partial charge is 0.251 e. The predicted molar refractivity (Wildman–Crippen MR) is 83.3 cm³/mol. The molecule has 1 aliphatic rings. The summed E-state index contributed by atoms with van der Waals surface area (Å²) in [6.07, 6.45) is 0.0587. The molecule has 20 heavy (non-hydrogen) atoms. The molecule has 1 saturated heterocycles. The highest BCUT2D eigenvalue weighted by Gasteiger charge is 2.20. The minimum Gasteiger partial charge on any atom is -0.374 e. The molecule has 0 spiro atoms. The van der Waals surface area contributed by atoms with Crippen LogP contribution in [0.5, 0.6) is 0 Å². The Labute approximate surface area is 132 Å². The number of carbonyl (C=O) groups excluding carboxylic acids is 1. The number of amides is 1. The van der Waals surface area contributed by atoms with Gasteiger partial charge in [-0.3, -0.25) is 9.69 Å². The van der Waals surface area contributed by atoms with Crippen LogP contribution in [0.1, 0.15) is 17.3 Å². The van der Waals surface area contributed by atoms with Crippen LogP contribution in [0.4, 0.5) is 0 Å². The Bertz CT molecular complexity index is 484. The second-order valence-electron chi connectivity index (χ2n) is 4.72. The van der Waals surface area contributed by atoms with Gasteiger partial charge >= 0.3 is 0 Å². The van der Waals surface area contributed by atoms with Crippen molar-refractivity contribution in [2.24, 2.45) is 0 Å². The molecule has 1 aromatic rings. The Kier molecular flexibility index (Phi) is 5.84. The van der Waals surface area contributed by atoms with E-state index in [1.807, 2.05) is 0 Å². The average Bonchev–Trinajstić information content (AvgIpc) is 2.47. The third kappa shape index (κ3) is 4.19. The Balaban J connectivity index is 1.87. The summed E-state index contributed by atoms with van der Waals surface area (Å²) in [5.41, 5.74) is 0.587. The van der Waals surface area contributed by atoms with Crippen molar-refractivity contribution in [3.05, 3.63) is 33.3 Å². The summed E-state index contributed by atoms with van der Waals surface area (Å²) in [4.78, 5) is 14.4. The molecule has 1 aromatic carbocycles. The lowest BCUT2D eigenvalue weighted by Gasteiger charge is -2.32. The first-order valence-electron chi connectivity index (χ1n) is 6.67. The number of benzene rings is 1. The number of hydrogen-bond donors (Lipinski definition) is 1. The van der Waals surface area contributed by atoms with Gasteiger partial charge in [0.15, 0.2) is 0 Å². The number of nitrogens with zero attached hydrogens (tertiary/aromatic N) is 1. The fourth-order valence-electron chi connectivity index (χ4n) is 2.14. The molecule has 1 N–H and O–H groups in total. The number of morpholine rings is 1. The zero-order valence-corrected chi connectivity index (χ0v) is 13.7. The summed E-state index contributed by atoms with van der Waals surface area (Å²) in [7, 11) is 0. The molecular weight excluding hydrogens is 344 g/mol. The Morgan fingerprint density at radius 3 is 3.10 bits per heavy atom. The number of carbonyl (C=O) groups is 1. The van der Waals surface area contributed by atoms with Gasteiger partial charge in [-0.1, -0.05) is 18.5 Å². The first-order valence-corrected chi connectivity index (χ1v) is 7.84. The number of hydrogen-bond acceptors (Lipinski definition) is 3. The maximum Gasteiger partial charge on any atom is 0.251 e. The Morgan fingerprint density at radius 1 is 1.60 bits per heavy atom. The van der Waals surface area contributed by atoms with Crippen LogP contribution in [0.15, 0.2) is 22.7 Å². The van der Waals surface area contributed by atoms with Gasteiger partial charge in [0, 0.05) is 29.7 Å². The van der Waals surface area contributed by atoms with Gasteiger partial charge in [-0.2, -0.15) is 0 Å². The van der Waals surface area contributed by atoms with Crippen LogP contribution in [0.3, 0.4) is 0 Å². The van der Waals surface area contributed by atoms with Crippen LogP contribution in [-0.2, 0) is 4.74 Å². The monoisotopic (exact) mass is 360 g/mol. The quantitative estimate of drug-likeness (QED) is 0.896. The number of likely N-dealkylation sites (N-methyl/N-ethyl adjacent to an activating group) is 1. The Morgan fingerprint density at radius 2 is 2.40 bits per heavy atom. The molecule has 0 aromatic heterocycles. The van der Waals surface area contributed by atoms with E-state index in [2.05, 4.69) is 33.1 Å². The van der Waals surface area contributed by atoms with Gasteiger partial charge in [-0.15, -0.1) is 0 Å². The maximum atomic E-state index is 12.1. The molecule has 1 amide bonds. The molecule has 4 nitrogen and oxygen atoms in total. The van der Waals surface area contributed by atoms with Gasteiger partial charge in [0.1, 0.15) is 0 Å². The van der Waals surface area contributed by atoms with Crippen molar-refractivity contribution in [2.75, 3.05) is 32.8 Å². The Hall–Kier alpha value is -0.620. The molecule has 0 bridgehead atoms. The van der Waals surface area contributed by atoms with E-state index < -0.39 is 0 Å². The van der Waals surface area contributed by atoms with Gasteiger partial charge in [0.2, 0.25) is 0 Å². The van der Waals surface area contributed by atoms with E-state index in [0.717, 1.165) is 30.7 Å². The van der Waals surface area contributed by atoms with Gasteiger partial charge in [-0.05, 0) is 40.7 Å². The third-order valence-electron chi connectivity index (χ3n) is 3.34. The van der Waals surface area contributed by atoms with Crippen LogP contribution >= 0.6 is 27.5 Å². The van der Waals surface area contributed by atoms with E-state index in [9.17, 15) is 4.79 Å². The van der Waals surface area contributed by atoms with E-state index in [1.54, 1.807) is 18.2 Å². The zero-order valence-electron chi connectivity index (χ0n) is 11.4. The lowest BCUT2D eigenvalue weighted by atomic mass is 10.2. The maximum absolute atomic E-state index is 12.1. The van der Waals surface area contributed by atoms with Crippen molar-refractivity contribution in [3.8, 4) is 0 Å². The van der Waals surface area contributed by atoms with Gasteiger partial charge in [-0.25, -0.2) is 0 Å². The molecule has 1 atom stereocenters. The van der Waals surface area contributed by atoms with Gasteiger partial charge in [0.05, 0.1) is 17.7 Å². The molecule has 1 aliphatic heterocycles. The predicted octanol–water partition coefficient (Wildman–Crippen LogP) is 2.55. The molecule has 0 aliphatic carbocycles. The second kappa shape index (κ2) is 7.41. The first kappa shape index (κ1) is 15.8. The summed E-state index contributed by atoms with van der Waals surface area (Å²) >= 11 is 9.23. The van der Waals surface area contributed by atoms with E-state index in [4.69, 9.17) is 16.3 Å². The second-order valence-corrected chi connectivity index (χ2v) is 5.99. The molecule has 0 radical (unpaired) electrons. The van der Waals surface area contributed by atoms with Crippen LogP contribution in [0.25, 0.3) is 0 Å². The lowest BCUT2D eigenvalue weighted by Crippen LogP contribution is -2.47. The summed E-state index contributed by atoms with van der Waals surface area (Å²) in [6, 6.07) is 5.14. The van der Waals surface area contributed by atoms with Crippen molar-refractivity contribution >= 4 is 33.4 Å². The highest BCUT2D eigenvalue weighted by atomic mass is 79.9. The van der Waals surface area contributed by atoms with E-state index in [-0.39, 0.29) is 12.0 Å². The zero-order chi connectivity index (χ0) is 14.5. The number of rotatable bonds is 4. The fourth-order valence-corrected chi connectivity index (χ4v) is 2.63. The summed E-state index contributed by atoms with van der Waals surface area (Å²) in [6.45, 7) is 6.22. The minimum absolute atomic E-state index is 0.0587. The van der Waals surface area contributed by atoms with E-state index in [1.165, 1.54) is 0 Å². The van der Waals surface area contributed by atoms with Gasteiger partial charge < -0.3 is 10.1 Å². The minimum atomic E-state index is -0.111. The SMILES string of the molecule is CCN1CCOC(CNC(=O)c2ccc(Cl)c(Br)c2)C1. The van der Waals surface area contributed by atoms with E-state index >= 15 is 0 Å². The molecule has 1 heterocycles. The van der Waals surface area contributed by atoms with Crippen LogP contribution < -0.4 is 5.32 Å².